The number of piperidine rings is 1. The number of likely N-dealkylation sites (tertiary alicyclic amines) is 1. The number of Topliss-reactive ketones (excluding diaryl/α,β-unsaturated/α-hetero) is 2. The third kappa shape index (κ3) is 5.83. The van der Waals surface area contributed by atoms with E-state index in [9.17, 15) is 24.0 Å². The molecule has 5 atom stereocenters. The van der Waals surface area contributed by atoms with Gasteiger partial charge in [-0.2, -0.15) is 0 Å². The fraction of sp³-hybridized carbons (Fsp3) is 0.861. The van der Waals surface area contributed by atoms with Gasteiger partial charge in [0, 0.05) is 24.4 Å². The third-order valence-electron chi connectivity index (χ3n) is 13.8. The van der Waals surface area contributed by atoms with Crippen LogP contribution in [-0.4, -0.2) is 58.5 Å². The molecule has 8 rings (SSSR count). The second-order valence-electron chi connectivity index (χ2n) is 17.2. The van der Waals surface area contributed by atoms with Crippen LogP contribution in [0.2, 0.25) is 0 Å². The second kappa shape index (κ2) is 11.7. The van der Waals surface area contributed by atoms with Gasteiger partial charge in [-0.15, -0.1) is 0 Å². The lowest BCUT2D eigenvalue weighted by Crippen LogP contribution is -2.64. The first kappa shape index (κ1) is 31.2. The highest BCUT2D eigenvalue weighted by atomic mass is 16.2. The molecule has 4 amide bonds. The number of fused-ring (bicyclic) bond motifs is 1. The number of rotatable bonds is 11. The maximum Gasteiger partial charge on any atom is 0.315 e. The summed E-state index contributed by atoms with van der Waals surface area (Å²) in [5.41, 5.74) is 5.20. The van der Waals surface area contributed by atoms with Crippen molar-refractivity contribution in [2.75, 3.05) is 6.54 Å². The first-order valence-corrected chi connectivity index (χ1v) is 18.2. The highest BCUT2D eigenvalue weighted by Crippen LogP contribution is 2.65. The number of primary amides is 1. The van der Waals surface area contributed by atoms with E-state index in [0.29, 0.717) is 36.6 Å². The van der Waals surface area contributed by atoms with Crippen molar-refractivity contribution >= 4 is 29.4 Å². The minimum atomic E-state index is -0.984. The summed E-state index contributed by atoms with van der Waals surface area (Å²) in [6, 6.07) is -1.55. The van der Waals surface area contributed by atoms with Crippen LogP contribution in [0.4, 0.5) is 4.79 Å². The molecule has 0 aromatic carbocycles. The Kier molecular flexibility index (Phi) is 8.07. The summed E-state index contributed by atoms with van der Waals surface area (Å²) in [5, 5.41) is 6.61. The van der Waals surface area contributed by atoms with Crippen LogP contribution < -0.4 is 16.4 Å². The second-order valence-corrected chi connectivity index (χ2v) is 17.2. The average molecular weight is 623 g/mol. The predicted octanol–water partition coefficient (Wildman–Crippen LogP) is 4.51. The normalized spacial score (nSPS) is 37.7. The smallest absolute Gasteiger partial charge is 0.315 e. The van der Waals surface area contributed by atoms with Gasteiger partial charge in [0.2, 0.25) is 11.7 Å². The molecule has 45 heavy (non-hydrogen) atoms. The van der Waals surface area contributed by atoms with E-state index >= 15 is 0 Å². The Balaban J connectivity index is 1.09. The van der Waals surface area contributed by atoms with Gasteiger partial charge in [0.15, 0.2) is 5.78 Å². The number of nitrogens with zero attached hydrogens (tertiary/aromatic N) is 1. The molecule has 4 bridgehead atoms. The summed E-state index contributed by atoms with van der Waals surface area (Å²) in [4.78, 5) is 69.0. The van der Waals surface area contributed by atoms with E-state index in [1.165, 1.54) is 19.3 Å². The van der Waals surface area contributed by atoms with Gasteiger partial charge < -0.3 is 21.3 Å². The molecule has 0 aromatic heterocycles. The van der Waals surface area contributed by atoms with Crippen LogP contribution in [0.25, 0.3) is 0 Å². The van der Waals surface area contributed by atoms with Crippen LogP contribution in [0.1, 0.15) is 117 Å². The average Bonchev–Trinajstić information content (AvgIpc) is 3.27. The SMILES string of the molecule is CC1(C)[C@@H]2[C@@H](C(=O)CC(CC3CCC3)C(=O)C(N)=O)N(C(=O)[C@@H](NC(=O)NC34CC5CC(CC(C5)C3)C4)C3CCCCC3)C[C@@H]21. The molecule has 7 saturated carbocycles. The van der Waals surface area contributed by atoms with Gasteiger partial charge in [-0.3, -0.25) is 19.2 Å². The molecule has 0 radical (unpaired) electrons. The van der Waals surface area contributed by atoms with Gasteiger partial charge in [-0.1, -0.05) is 52.4 Å². The predicted molar refractivity (Wildman–Crippen MR) is 168 cm³/mol. The minimum absolute atomic E-state index is 0.0230. The van der Waals surface area contributed by atoms with Crippen LogP contribution in [0, 0.1) is 52.8 Å². The van der Waals surface area contributed by atoms with Crippen molar-refractivity contribution in [1.82, 2.24) is 15.5 Å². The number of nitrogens with one attached hydrogen (secondary N) is 2. The molecule has 1 aliphatic heterocycles. The van der Waals surface area contributed by atoms with E-state index in [1.807, 2.05) is 0 Å². The molecule has 1 saturated heterocycles. The monoisotopic (exact) mass is 622 g/mol. The molecule has 7 aliphatic carbocycles. The van der Waals surface area contributed by atoms with Crippen molar-refractivity contribution in [3.05, 3.63) is 0 Å². The zero-order valence-corrected chi connectivity index (χ0v) is 27.4. The number of hydrogen-bond donors (Lipinski definition) is 3. The fourth-order valence-corrected chi connectivity index (χ4v) is 11.6. The first-order valence-electron chi connectivity index (χ1n) is 18.2. The van der Waals surface area contributed by atoms with Gasteiger partial charge in [0.1, 0.15) is 6.04 Å². The molecule has 9 heteroatoms. The van der Waals surface area contributed by atoms with E-state index in [0.717, 1.165) is 70.6 Å². The molecule has 0 aromatic rings. The number of amides is 4. The van der Waals surface area contributed by atoms with Crippen LogP contribution in [0.15, 0.2) is 0 Å². The van der Waals surface area contributed by atoms with Crippen LogP contribution >= 0.6 is 0 Å². The van der Waals surface area contributed by atoms with Crippen molar-refractivity contribution in [2.45, 2.75) is 134 Å². The zero-order valence-electron chi connectivity index (χ0n) is 27.4. The van der Waals surface area contributed by atoms with Crippen molar-refractivity contribution in [1.29, 1.82) is 0 Å². The molecular formula is C36H54N4O5. The van der Waals surface area contributed by atoms with Gasteiger partial charge in [-0.05, 0) is 105 Å². The summed E-state index contributed by atoms with van der Waals surface area (Å²) >= 11 is 0. The highest BCUT2D eigenvalue weighted by Gasteiger charge is 2.69. The Bertz CT molecular complexity index is 1200. The molecule has 1 heterocycles. The summed E-state index contributed by atoms with van der Waals surface area (Å²) in [5.74, 6) is 0.0493. The van der Waals surface area contributed by atoms with Crippen LogP contribution in [0.3, 0.4) is 0 Å². The number of carbonyl (C=O) groups is 5. The van der Waals surface area contributed by atoms with E-state index in [2.05, 4.69) is 24.5 Å². The van der Waals surface area contributed by atoms with Crippen LogP contribution in [0.5, 0.6) is 0 Å². The highest BCUT2D eigenvalue weighted by molar-refractivity contribution is 6.36. The van der Waals surface area contributed by atoms with Crippen LogP contribution in [-0.2, 0) is 19.2 Å². The standard InChI is InChI=1S/C36H54N4O5/c1-35(2)26-19-40(30(28(26)35)27(41)15-25(31(42)32(37)43)14-20-7-6-8-20)33(44)29(24-9-4-3-5-10-24)38-34(45)39-36-16-21-11-22(17-36)13-23(12-21)18-36/h20-26,28-30H,3-19H2,1-2H3,(H2,37,43)(H2,38,39,45)/t21?,22?,23?,25?,26-,28-,29-,30+,36?/m0/s1. The largest absolute Gasteiger partial charge is 0.363 e. The Morgan fingerprint density at radius 3 is 2.04 bits per heavy atom. The summed E-state index contributed by atoms with van der Waals surface area (Å²) < 4.78 is 0. The maximum atomic E-state index is 14.6. The molecule has 9 nitrogen and oxygen atoms in total. The molecule has 248 valence electrons. The summed E-state index contributed by atoms with van der Waals surface area (Å²) in [6.45, 7) is 4.80. The van der Waals surface area contributed by atoms with Crippen molar-refractivity contribution in [2.24, 2.45) is 58.5 Å². The number of carbonyl (C=O) groups excluding carboxylic acids is 5. The topological polar surface area (TPSA) is 139 Å². The van der Waals surface area contributed by atoms with Crippen molar-refractivity contribution < 1.29 is 24.0 Å². The van der Waals surface area contributed by atoms with E-state index in [4.69, 9.17) is 5.73 Å². The Morgan fingerprint density at radius 2 is 1.49 bits per heavy atom. The Morgan fingerprint density at radius 1 is 0.867 bits per heavy atom. The number of urea groups is 1. The molecule has 0 spiro atoms. The zero-order chi connectivity index (χ0) is 31.7. The molecule has 4 N–H and O–H groups in total. The third-order valence-corrected chi connectivity index (χ3v) is 13.8. The molecule has 1 unspecified atom stereocenters. The Labute approximate surface area is 267 Å². The van der Waals surface area contributed by atoms with E-state index < -0.39 is 29.7 Å². The number of hydrogen-bond acceptors (Lipinski definition) is 5. The fourth-order valence-electron chi connectivity index (χ4n) is 11.6. The number of nitrogens with two attached hydrogens (primary N) is 1. The van der Waals surface area contributed by atoms with Gasteiger partial charge in [0.05, 0.1) is 6.04 Å². The molecular weight excluding hydrogens is 568 g/mol. The van der Waals surface area contributed by atoms with E-state index in [-0.39, 0.29) is 52.8 Å². The first-order chi connectivity index (χ1) is 21.4. The maximum absolute atomic E-state index is 14.6. The van der Waals surface area contributed by atoms with E-state index in [1.54, 1.807) is 4.90 Å². The minimum Gasteiger partial charge on any atom is -0.363 e. The lowest BCUT2D eigenvalue weighted by Gasteiger charge is -2.56. The molecule has 8 aliphatic rings. The van der Waals surface area contributed by atoms with Gasteiger partial charge >= 0.3 is 6.03 Å². The summed E-state index contributed by atoms with van der Waals surface area (Å²) in [7, 11) is 0. The van der Waals surface area contributed by atoms with Crippen molar-refractivity contribution in [3.8, 4) is 0 Å². The van der Waals surface area contributed by atoms with Crippen molar-refractivity contribution in [3.63, 3.8) is 0 Å². The summed E-state index contributed by atoms with van der Waals surface area (Å²) in [6.07, 6.45) is 15.5. The number of ketones is 2. The molecule has 8 fully saturated rings. The lowest BCUT2D eigenvalue weighted by atomic mass is 9.53. The van der Waals surface area contributed by atoms with Gasteiger partial charge in [-0.25, -0.2) is 4.79 Å². The van der Waals surface area contributed by atoms with Gasteiger partial charge in [0.25, 0.3) is 5.91 Å². The quantitative estimate of drug-likeness (QED) is 0.291. The lowest BCUT2D eigenvalue weighted by molar-refractivity contribution is -0.144. The Hall–Kier alpha value is -2.45.